The van der Waals surface area contributed by atoms with Gasteiger partial charge in [0.15, 0.2) is 0 Å². The molecule has 15 heteroatoms. The number of rotatable bonds is 7. The Morgan fingerprint density at radius 3 is 2.59 bits per heavy atom. The minimum Gasteiger partial charge on any atom is -0.379 e. The predicted octanol–water partition coefficient (Wildman–Crippen LogP) is 4.33. The van der Waals surface area contributed by atoms with Crippen molar-refractivity contribution in [2.75, 3.05) is 32.8 Å². The first kappa shape index (κ1) is 34.8. The van der Waals surface area contributed by atoms with Gasteiger partial charge < -0.3 is 29.6 Å². The minimum atomic E-state index is -5.00. The summed E-state index contributed by atoms with van der Waals surface area (Å²) in [6.45, 7) is 3.48. The van der Waals surface area contributed by atoms with E-state index in [1.165, 1.54) is 18.2 Å². The molecular weight excluding hydrogens is 696 g/mol. The molecule has 4 saturated heterocycles. The van der Waals surface area contributed by atoms with Crippen molar-refractivity contribution < 1.29 is 37.9 Å². The Balaban J connectivity index is 1.05. The highest BCUT2D eigenvalue weighted by Gasteiger charge is 2.58. The van der Waals surface area contributed by atoms with E-state index in [0.29, 0.717) is 54.0 Å². The predicted molar refractivity (Wildman–Crippen MR) is 188 cm³/mol. The van der Waals surface area contributed by atoms with Gasteiger partial charge in [-0.3, -0.25) is 28.8 Å². The molecular formula is C36H43FN5O7PS. The van der Waals surface area contributed by atoms with E-state index in [4.69, 9.17) is 4.74 Å². The summed E-state index contributed by atoms with van der Waals surface area (Å²) in [7, 11) is -5.00. The van der Waals surface area contributed by atoms with Gasteiger partial charge in [0, 0.05) is 60.3 Å². The summed E-state index contributed by atoms with van der Waals surface area (Å²) in [5.74, 6) is -2.95. The Labute approximate surface area is 299 Å². The molecule has 0 radical (unpaired) electrons. The van der Waals surface area contributed by atoms with Crippen LogP contribution >= 0.6 is 18.9 Å². The van der Waals surface area contributed by atoms with E-state index in [2.05, 4.69) is 26.2 Å². The molecule has 3 amide bonds. The summed E-state index contributed by atoms with van der Waals surface area (Å²) < 4.78 is 32.2. The van der Waals surface area contributed by atoms with Crippen LogP contribution in [0.5, 0.6) is 0 Å². The first-order chi connectivity index (χ1) is 24.5. The molecule has 1 aromatic carbocycles. The van der Waals surface area contributed by atoms with E-state index in [0.717, 1.165) is 62.1 Å². The Morgan fingerprint density at radius 2 is 1.86 bits per heavy atom. The van der Waals surface area contributed by atoms with Crippen molar-refractivity contribution in [1.82, 2.24) is 25.0 Å². The van der Waals surface area contributed by atoms with Crippen LogP contribution in [0.15, 0.2) is 48.8 Å². The van der Waals surface area contributed by atoms with Gasteiger partial charge in [-0.15, -0.1) is 11.3 Å². The number of hydrogen-bond acceptors (Lipinski definition) is 8. The molecule has 8 rings (SSSR count). The van der Waals surface area contributed by atoms with Gasteiger partial charge >= 0.3 is 7.60 Å². The molecule has 51 heavy (non-hydrogen) atoms. The van der Waals surface area contributed by atoms with Gasteiger partial charge in [-0.2, -0.15) is 0 Å². The largest absolute Gasteiger partial charge is 0.379 e. The lowest BCUT2D eigenvalue weighted by Gasteiger charge is -2.42. The molecule has 272 valence electrons. The number of carbonyl (C=O) groups excluding carboxylic acids is 3. The molecule has 1 saturated carbocycles. The number of hydrogen-bond donors (Lipinski definition) is 3. The van der Waals surface area contributed by atoms with E-state index in [9.17, 15) is 33.1 Å². The number of aromatic nitrogens is 1. The average Bonchev–Trinajstić information content (AvgIpc) is 3.42. The van der Waals surface area contributed by atoms with Crippen molar-refractivity contribution in [2.45, 2.75) is 92.9 Å². The summed E-state index contributed by atoms with van der Waals surface area (Å²) in [4.78, 5) is 72.5. The number of amides is 3. The zero-order chi connectivity index (χ0) is 35.5. The van der Waals surface area contributed by atoms with E-state index in [1.54, 1.807) is 12.3 Å². The van der Waals surface area contributed by atoms with Crippen molar-refractivity contribution >= 4 is 46.7 Å². The van der Waals surface area contributed by atoms with E-state index in [1.807, 2.05) is 17.2 Å². The van der Waals surface area contributed by atoms with Crippen molar-refractivity contribution in [2.24, 2.45) is 0 Å². The number of fused-ring (bicyclic) bond motifs is 2. The molecule has 12 nitrogen and oxygen atoms in total. The first-order valence-corrected chi connectivity index (χ1v) is 20.4. The normalized spacial score (nSPS) is 28.8. The molecule has 3 N–H and O–H groups in total. The number of nitrogens with zero attached hydrogens (tertiary/aromatic N) is 4. The number of morpholine rings is 1. The van der Waals surface area contributed by atoms with Crippen molar-refractivity contribution in [3.05, 3.63) is 64.8 Å². The number of alkyl halides is 1. The maximum Gasteiger partial charge on any atom is 0.363 e. The third kappa shape index (κ3) is 6.75. The fraction of sp³-hybridized carbons (Fsp3) is 0.556. The van der Waals surface area contributed by atoms with Gasteiger partial charge in [0.2, 0.25) is 17.7 Å². The number of ether oxygens (including phenoxy) is 1. The van der Waals surface area contributed by atoms with E-state index < -0.39 is 31.5 Å². The molecule has 6 heterocycles. The van der Waals surface area contributed by atoms with Gasteiger partial charge in [0.05, 0.1) is 18.1 Å². The molecule has 3 aromatic rings. The van der Waals surface area contributed by atoms with Crippen LogP contribution in [-0.2, 0) is 18.9 Å². The third-order valence-electron chi connectivity index (χ3n) is 11.7. The standard InChI is InChI=1S/C36H43FN5O7PS/c37-32(50(46,47)48)22-3-8-30-24(16-22)17-31(51-30)33(43)39-28-6-4-26(40-12-14-49-15-13-40)18-27-5-7-29(42(27)34(28)44)35(45)41-21-25(19-36(41)9-10-36)23-2-1-11-38-20-23/h1-3,8,11,16-17,20,25-29,32H,4-7,9-10,12-15,18-19,21H2,(H,39,43)(H2,46,47,48)/t25-,26-,27+,28?,29-,32-/m0/s1. The minimum absolute atomic E-state index is 0.00472. The second-order valence-electron chi connectivity index (χ2n) is 14.8. The van der Waals surface area contributed by atoms with Crippen LogP contribution in [0, 0.1) is 0 Å². The zero-order valence-electron chi connectivity index (χ0n) is 28.2. The monoisotopic (exact) mass is 739 g/mol. The lowest BCUT2D eigenvalue weighted by Crippen LogP contribution is -2.59. The average molecular weight is 740 g/mol. The summed E-state index contributed by atoms with van der Waals surface area (Å²) >= 11 is 1.16. The third-order valence-corrected chi connectivity index (χ3v) is 13.7. The second kappa shape index (κ2) is 13.6. The molecule has 0 bridgehead atoms. The topological polar surface area (TPSA) is 153 Å². The number of likely N-dealkylation sites (tertiary alicyclic amines) is 1. The molecule has 4 aliphatic heterocycles. The maximum absolute atomic E-state index is 14.6. The first-order valence-electron chi connectivity index (χ1n) is 17.9. The Kier molecular flexibility index (Phi) is 9.29. The Hall–Kier alpha value is -3.26. The summed E-state index contributed by atoms with van der Waals surface area (Å²) in [5, 5.41) is 3.48. The molecule has 2 aromatic heterocycles. The summed E-state index contributed by atoms with van der Waals surface area (Å²) in [6.07, 6.45) is 9.64. The van der Waals surface area contributed by atoms with Gasteiger partial charge in [0.1, 0.15) is 12.1 Å². The lowest BCUT2D eigenvalue weighted by molar-refractivity contribution is -0.148. The quantitative estimate of drug-likeness (QED) is 0.301. The number of thiophene rings is 1. The summed E-state index contributed by atoms with van der Waals surface area (Å²) in [6, 6.07) is 8.35. The van der Waals surface area contributed by atoms with Gasteiger partial charge in [-0.05, 0) is 92.1 Å². The molecule has 5 aliphatic rings. The second-order valence-corrected chi connectivity index (χ2v) is 17.5. The van der Waals surface area contributed by atoms with Crippen LogP contribution in [0.2, 0.25) is 0 Å². The van der Waals surface area contributed by atoms with E-state index >= 15 is 0 Å². The highest BCUT2D eigenvalue weighted by Crippen LogP contribution is 2.55. The fourth-order valence-electron chi connectivity index (χ4n) is 8.95. The fourth-order valence-corrected chi connectivity index (χ4v) is 10.4. The van der Waals surface area contributed by atoms with Crippen molar-refractivity contribution in [1.29, 1.82) is 0 Å². The molecule has 1 spiro atoms. The van der Waals surface area contributed by atoms with Crippen LogP contribution in [0.3, 0.4) is 0 Å². The van der Waals surface area contributed by atoms with Crippen LogP contribution in [0.4, 0.5) is 4.39 Å². The Bertz CT molecular complexity index is 1860. The zero-order valence-corrected chi connectivity index (χ0v) is 29.9. The van der Waals surface area contributed by atoms with Crippen LogP contribution < -0.4 is 5.32 Å². The number of halogens is 1. The number of carbonyl (C=O) groups is 3. The van der Waals surface area contributed by atoms with Gasteiger partial charge in [-0.25, -0.2) is 4.39 Å². The highest BCUT2D eigenvalue weighted by molar-refractivity contribution is 7.51. The van der Waals surface area contributed by atoms with Crippen LogP contribution in [0.25, 0.3) is 10.1 Å². The lowest BCUT2D eigenvalue weighted by atomic mass is 9.93. The SMILES string of the molecule is O=C(NC1CC[C@H](N2CCOCC2)C[C@H]2CC[C@@H](C(=O)N3C[C@@H](c4cccnc4)CC34CC4)N2C1=O)c1cc2cc([C@@H](F)P(=O)(O)O)ccc2s1. The van der Waals surface area contributed by atoms with Gasteiger partial charge in [-0.1, -0.05) is 12.1 Å². The van der Waals surface area contributed by atoms with Crippen LogP contribution in [-0.4, -0.2) is 110 Å². The van der Waals surface area contributed by atoms with Crippen molar-refractivity contribution in [3.63, 3.8) is 0 Å². The molecule has 5 fully saturated rings. The highest BCUT2D eigenvalue weighted by atomic mass is 32.1. The smallest absolute Gasteiger partial charge is 0.363 e. The van der Waals surface area contributed by atoms with Crippen molar-refractivity contribution in [3.8, 4) is 0 Å². The maximum atomic E-state index is 14.6. The molecule has 6 atom stereocenters. The number of nitrogens with one attached hydrogen (secondary N) is 1. The Morgan fingerprint density at radius 1 is 1.08 bits per heavy atom. The number of pyridine rings is 1. The molecule has 1 aliphatic carbocycles. The van der Waals surface area contributed by atoms with Crippen LogP contribution in [0.1, 0.15) is 84.0 Å². The summed E-state index contributed by atoms with van der Waals surface area (Å²) in [5.41, 5.74) is 0.795. The number of benzene rings is 1. The van der Waals surface area contributed by atoms with E-state index in [-0.39, 0.29) is 40.9 Å². The molecule has 1 unspecified atom stereocenters. The van der Waals surface area contributed by atoms with Gasteiger partial charge in [0.25, 0.3) is 5.91 Å².